The van der Waals surface area contributed by atoms with Gasteiger partial charge < -0.3 is 19.9 Å². The highest BCUT2D eigenvalue weighted by Crippen LogP contribution is 2.40. The van der Waals surface area contributed by atoms with Crippen molar-refractivity contribution in [3.05, 3.63) is 106 Å². The minimum Gasteiger partial charge on any atom is -0.508 e. The van der Waals surface area contributed by atoms with Crippen molar-refractivity contribution in [3.8, 4) is 16.9 Å². The van der Waals surface area contributed by atoms with Gasteiger partial charge in [-0.2, -0.15) is 13.2 Å². The summed E-state index contributed by atoms with van der Waals surface area (Å²) in [5.41, 5.74) is 2.95. The number of hydrogen-bond donors (Lipinski definition) is 2. The van der Waals surface area contributed by atoms with Crippen molar-refractivity contribution in [1.82, 2.24) is 19.8 Å². The number of alkyl halides is 3. The molecular weight excluding hydrogens is 536 g/mol. The van der Waals surface area contributed by atoms with Gasteiger partial charge in [-0.25, -0.2) is 9.37 Å². The molecule has 1 unspecified atom stereocenters. The molecule has 4 aromatic rings. The number of H-pyrrole nitrogens is 1. The van der Waals surface area contributed by atoms with Gasteiger partial charge in [-0.1, -0.05) is 36.4 Å². The highest BCUT2D eigenvalue weighted by atomic mass is 19.4. The Labute approximate surface area is 234 Å². The highest BCUT2D eigenvalue weighted by Gasteiger charge is 2.40. The molecule has 1 fully saturated rings. The molecule has 1 amide bonds. The van der Waals surface area contributed by atoms with E-state index >= 15 is 0 Å². The number of nitrogens with one attached hydrogen (secondary N) is 1. The van der Waals surface area contributed by atoms with E-state index in [2.05, 4.69) is 34.0 Å². The van der Waals surface area contributed by atoms with E-state index in [-0.39, 0.29) is 23.7 Å². The van der Waals surface area contributed by atoms with E-state index in [1.807, 2.05) is 24.3 Å². The Balaban J connectivity index is 1.31. The number of halogens is 4. The Hall–Kier alpha value is -4.18. The summed E-state index contributed by atoms with van der Waals surface area (Å²) in [4.78, 5) is 23.5. The average molecular weight is 565 g/mol. The van der Waals surface area contributed by atoms with Gasteiger partial charge in [0.2, 0.25) is 0 Å². The molecule has 1 atom stereocenters. The largest absolute Gasteiger partial charge is 0.508 e. The second-order valence-electron chi connectivity index (χ2n) is 10.8. The molecule has 0 spiro atoms. The topological polar surface area (TPSA) is 72.5 Å². The fraction of sp³-hybridized carbons (Fsp3) is 0.290. The molecule has 3 aromatic carbocycles. The quantitative estimate of drug-likeness (QED) is 0.272. The number of fused-ring (bicyclic) bond motifs is 1. The Morgan fingerprint density at radius 2 is 1.71 bits per heavy atom. The first-order valence-electron chi connectivity index (χ1n) is 13.4. The molecule has 3 heterocycles. The summed E-state index contributed by atoms with van der Waals surface area (Å²) in [6.45, 7) is 2.19. The molecule has 1 aromatic heterocycles. The predicted octanol–water partition coefficient (Wildman–Crippen LogP) is 6.49. The number of carbonyl (C=O) groups is 1. The van der Waals surface area contributed by atoms with Crippen molar-refractivity contribution in [2.45, 2.75) is 37.5 Å². The van der Waals surface area contributed by atoms with Crippen LogP contribution in [0.15, 0.2) is 66.9 Å². The van der Waals surface area contributed by atoms with E-state index in [9.17, 15) is 27.5 Å². The van der Waals surface area contributed by atoms with Crippen molar-refractivity contribution >= 4 is 5.91 Å². The molecular formula is C31H28F4N4O2. The zero-order valence-electron chi connectivity index (χ0n) is 22.3. The first-order valence-corrected chi connectivity index (χ1v) is 13.4. The van der Waals surface area contributed by atoms with Crippen LogP contribution >= 0.6 is 0 Å². The maximum atomic E-state index is 14.2. The van der Waals surface area contributed by atoms with Crippen molar-refractivity contribution in [2.24, 2.45) is 0 Å². The summed E-state index contributed by atoms with van der Waals surface area (Å²) in [6.07, 6.45) is -1.85. The number of phenols is 1. The van der Waals surface area contributed by atoms with Crippen LogP contribution in [0.25, 0.3) is 11.1 Å². The number of imidazole rings is 1. The SMILES string of the molecule is CN1CCC(c2ccc(-c3ccc4c(c3)C(=O)N(C(c3ncc(C(F)(F)F)[nH]3)c3cc(F)ccc3O)C4)cc2)CC1. The van der Waals surface area contributed by atoms with Crippen molar-refractivity contribution < 1.29 is 27.5 Å². The Kier molecular flexibility index (Phi) is 6.81. The van der Waals surface area contributed by atoms with Crippen LogP contribution in [0, 0.1) is 5.82 Å². The number of amides is 1. The summed E-state index contributed by atoms with van der Waals surface area (Å²) in [5.74, 6) is -1.24. The summed E-state index contributed by atoms with van der Waals surface area (Å²) < 4.78 is 54.3. The third-order valence-electron chi connectivity index (χ3n) is 8.13. The van der Waals surface area contributed by atoms with Gasteiger partial charge in [0.25, 0.3) is 5.91 Å². The molecule has 0 bridgehead atoms. The van der Waals surface area contributed by atoms with Crippen LogP contribution in [-0.2, 0) is 12.7 Å². The van der Waals surface area contributed by atoms with Gasteiger partial charge in [0.15, 0.2) is 0 Å². The second kappa shape index (κ2) is 10.3. The van der Waals surface area contributed by atoms with Crippen molar-refractivity contribution in [2.75, 3.05) is 20.1 Å². The molecule has 1 saturated heterocycles. The molecule has 6 nitrogen and oxygen atoms in total. The van der Waals surface area contributed by atoms with E-state index in [4.69, 9.17) is 0 Å². The molecule has 2 aliphatic heterocycles. The van der Waals surface area contributed by atoms with Gasteiger partial charge in [0, 0.05) is 17.7 Å². The molecule has 41 heavy (non-hydrogen) atoms. The van der Waals surface area contributed by atoms with E-state index < -0.39 is 29.6 Å². The van der Waals surface area contributed by atoms with Crippen LogP contribution < -0.4 is 0 Å². The lowest BCUT2D eigenvalue weighted by Crippen LogP contribution is -2.31. The molecule has 0 aliphatic carbocycles. The first kappa shape index (κ1) is 27.0. The summed E-state index contributed by atoms with van der Waals surface area (Å²) in [7, 11) is 2.13. The van der Waals surface area contributed by atoms with Gasteiger partial charge in [0.05, 0.1) is 6.20 Å². The van der Waals surface area contributed by atoms with Crippen molar-refractivity contribution in [1.29, 1.82) is 0 Å². The zero-order valence-corrected chi connectivity index (χ0v) is 22.3. The predicted molar refractivity (Wildman–Crippen MR) is 145 cm³/mol. The van der Waals surface area contributed by atoms with Crippen LogP contribution in [0.4, 0.5) is 17.6 Å². The molecule has 0 radical (unpaired) electrons. The smallest absolute Gasteiger partial charge is 0.432 e. The van der Waals surface area contributed by atoms with Crippen molar-refractivity contribution in [3.63, 3.8) is 0 Å². The van der Waals surface area contributed by atoms with E-state index in [0.717, 1.165) is 55.3 Å². The summed E-state index contributed by atoms with van der Waals surface area (Å²) >= 11 is 0. The van der Waals surface area contributed by atoms with Crippen LogP contribution in [0.5, 0.6) is 5.75 Å². The second-order valence-corrected chi connectivity index (χ2v) is 10.8. The third-order valence-corrected chi connectivity index (χ3v) is 8.13. The molecule has 10 heteroatoms. The Morgan fingerprint density at radius 1 is 1.00 bits per heavy atom. The third kappa shape index (κ3) is 5.19. The highest BCUT2D eigenvalue weighted by molar-refractivity contribution is 6.00. The van der Waals surface area contributed by atoms with E-state index in [1.165, 1.54) is 10.5 Å². The number of likely N-dealkylation sites (tertiary alicyclic amines) is 1. The molecule has 0 saturated carbocycles. The van der Waals surface area contributed by atoms with Gasteiger partial charge in [-0.15, -0.1) is 0 Å². The fourth-order valence-electron chi connectivity index (χ4n) is 5.83. The first-order chi connectivity index (χ1) is 19.6. The lowest BCUT2D eigenvalue weighted by atomic mass is 9.88. The number of carbonyl (C=O) groups excluding carboxylic acids is 1. The fourth-order valence-corrected chi connectivity index (χ4v) is 5.83. The van der Waals surface area contributed by atoms with Crippen LogP contribution in [0.2, 0.25) is 0 Å². The standard InChI is InChI=1S/C31H28F4N4O2/c1-38-12-10-20(11-13-38)18-2-4-19(5-3-18)21-6-7-22-17-39(30(41)24(22)14-21)28(25-15-23(32)8-9-26(25)40)29-36-16-27(37-29)31(33,34)35/h2-9,14-16,20,28,40H,10-13,17H2,1H3,(H,36,37). The minimum absolute atomic E-state index is 0.0478. The number of aromatic amines is 1. The summed E-state index contributed by atoms with van der Waals surface area (Å²) in [5, 5.41) is 10.5. The Bertz CT molecular complexity index is 1590. The van der Waals surface area contributed by atoms with E-state index in [0.29, 0.717) is 23.2 Å². The number of nitrogens with zero attached hydrogens (tertiary/aromatic N) is 3. The normalized spacial score (nSPS) is 17.2. The van der Waals surface area contributed by atoms with Gasteiger partial charge in [-0.05, 0) is 85.4 Å². The van der Waals surface area contributed by atoms with E-state index in [1.54, 1.807) is 6.07 Å². The number of benzene rings is 3. The van der Waals surface area contributed by atoms with Gasteiger partial charge in [-0.3, -0.25) is 4.79 Å². The lowest BCUT2D eigenvalue weighted by Gasteiger charge is -2.29. The van der Waals surface area contributed by atoms with Crippen LogP contribution in [0.3, 0.4) is 0 Å². The van der Waals surface area contributed by atoms with Gasteiger partial charge >= 0.3 is 6.18 Å². The number of aromatic nitrogens is 2. The molecule has 212 valence electrons. The van der Waals surface area contributed by atoms with Gasteiger partial charge in [0.1, 0.15) is 29.1 Å². The van der Waals surface area contributed by atoms with Crippen LogP contribution in [0.1, 0.15) is 63.4 Å². The molecule has 2 aliphatic rings. The number of piperidine rings is 1. The number of phenolic OH excluding ortho intramolecular Hbond substituents is 1. The maximum Gasteiger partial charge on any atom is 0.432 e. The maximum absolute atomic E-state index is 14.2. The zero-order chi connectivity index (χ0) is 28.9. The minimum atomic E-state index is -4.70. The number of hydrogen-bond acceptors (Lipinski definition) is 4. The Morgan fingerprint density at radius 3 is 2.39 bits per heavy atom. The number of aromatic hydroxyl groups is 1. The molecule has 6 rings (SSSR count). The monoisotopic (exact) mass is 564 g/mol. The average Bonchev–Trinajstić information content (AvgIpc) is 3.57. The molecule has 2 N–H and O–H groups in total. The lowest BCUT2D eigenvalue weighted by molar-refractivity contribution is -0.141. The summed E-state index contributed by atoms with van der Waals surface area (Å²) in [6, 6.07) is 15.7. The van der Waals surface area contributed by atoms with Crippen LogP contribution in [-0.4, -0.2) is 50.9 Å². The number of rotatable bonds is 5.